The van der Waals surface area contributed by atoms with Gasteiger partial charge < -0.3 is 40.4 Å². The minimum Gasteiger partial charge on any atom is -0.507 e. The Kier molecular flexibility index (Phi) is 9.86. The SMILES string of the molecule is CCCC(=O)COc1cccc2c1C(=O)c1c(O)c3c(c(O)c1C2=S)C[C@@](O)(C(C)=O)C[C@@H]3OC1CC(N)C(O)C(C)O1.Cl. The number of ketones is 3. The molecule has 0 aromatic heterocycles. The molecule has 238 valence electrons. The van der Waals surface area contributed by atoms with E-state index in [2.05, 4.69) is 0 Å². The smallest absolute Gasteiger partial charge is 0.201 e. The fourth-order valence-corrected chi connectivity index (χ4v) is 6.49. The predicted molar refractivity (Wildman–Crippen MR) is 164 cm³/mol. The average Bonchev–Trinajstić information content (AvgIpc) is 2.95. The van der Waals surface area contributed by atoms with E-state index in [9.17, 15) is 34.8 Å². The van der Waals surface area contributed by atoms with Crippen LogP contribution in [0.3, 0.4) is 0 Å². The highest BCUT2D eigenvalue weighted by molar-refractivity contribution is 7.81. The highest BCUT2D eigenvalue weighted by Crippen LogP contribution is 2.52. The summed E-state index contributed by atoms with van der Waals surface area (Å²) in [6.07, 6.45) is -3.48. The molecule has 6 N–H and O–H groups in total. The first-order valence-electron chi connectivity index (χ1n) is 14.2. The lowest BCUT2D eigenvalue weighted by Crippen LogP contribution is -2.52. The number of rotatable bonds is 8. The molecular weight excluding hydrogens is 614 g/mol. The van der Waals surface area contributed by atoms with E-state index in [1.807, 2.05) is 6.92 Å². The summed E-state index contributed by atoms with van der Waals surface area (Å²) in [6.45, 7) is 4.44. The van der Waals surface area contributed by atoms with Gasteiger partial charge >= 0.3 is 0 Å². The molecule has 13 heteroatoms. The number of Topliss-reactive ketones (excluding diaryl/α,β-unsaturated/α-hetero) is 2. The van der Waals surface area contributed by atoms with Gasteiger partial charge in [-0.1, -0.05) is 31.3 Å². The van der Waals surface area contributed by atoms with Crippen LogP contribution in [0.4, 0.5) is 0 Å². The Hall–Kier alpha value is -2.97. The summed E-state index contributed by atoms with van der Waals surface area (Å²) in [6, 6.07) is 4.01. The van der Waals surface area contributed by atoms with Crippen LogP contribution < -0.4 is 10.5 Å². The zero-order valence-corrected chi connectivity index (χ0v) is 26.1. The number of hydrogen-bond donors (Lipinski definition) is 5. The zero-order chi connectivity index (χ0) is 31.4. The number of aromatic hydroxyl groups is 2. The molecule has 44 heavy (non-hydrogen) atoms. The second kappa shape index (κ2) is 12.8. The first-order chi connectivity index (χ1) is 20.3. The molecule has 4 unspecified atom stereocenters. The van der Waals surface area contributed by atoms with Crippen molar-refractivity contribution in [2.24, 2.45) is 5.73 Å². The van der Waals surface area contributed by atoms with Gasteiger partial charge in [0, 0.05) is 48.4 Å². The van der Waals surface area contributed by atoms with Crippen molar-refractivity contribution in [3.63, 3.8) is 0 Å². The minimum absolute atomic E-state index is 0. The number of aliphatic hydroxyl groups is 2. The van der Waals surface area contributed by atoms with Crippen LogP contribution in [0.25, 0.3) is 0 Å². The third-order valence-corrected chi connectivity index (χ3v) is 8.92. The largest absolute Gasteiger partial charge is 0.507 e. The van der Waals surface area contributed by atoms with Crippen LogP contribution in [0.1, 0.15) is 90.7 Å². The number of aliphatic hydroxyl groups excluding tert-OH is 1. The van der Waals surface area contributed by atoms with Crippen LogP contribution in [0, 0.1) is 0 Å². The molecule has 11 nitrogen and oxygen atoms in total. The van der Waals surface area contributed by atoms with E-state index in [-0.39, 0.29) is 88.1 Å². The lowest BCUT2D eigenvalue weighted by atomic mass is 9.72. The summed E-state index contributed by atoms with van der Waals surface area (Å²) in [7, 11) is 0. The van der Waals surface area contributed by atoms with Gasteiger partial charge in [0.1, 0.15) is 29.5 Å². The van der Waals surface area contributed by atoms with Crippen molar-refractivity contribution < 1.29 is 49.0 Å². The fourth-order valence-electron chi connectivity index (χ4n) is 6.12. The third-order valence-electron chi connectivity index (χ3n) is 8.50. The van der Waals surface area contributed by atoms with Gasteiger partial charge in [0.15, 0.2) is 17.9 Å². The average molecular weight is 650 g/mol. The Morgan fingerprint density at radius 1 is 1.18 bits per heavy atom. The molecular formula is C31H36ClNO10S. The third kappa shape index (κ3) is 5.76. The topological polar surface area (TPSA) is 186 Å². The number of carbonyl (C=O) groups excluding carboxylic acids is 3. The van der Waals surface area contributed by atoms with E-state index in [0.717, 1.165) is 0 Å². The number of benzene rings is 2. The fraction of sp³-hybridized carbons (Fsp3) is 0.484. The van der Waals surface area contributed by atoms with Gasteiger partial charge in [-0.2, -0.15) is 0 Å². The van der Waals surface area contributed by atoms with Gasteiger partial charge in [-0.15, -0.1) is 12.4 Å². The molecule has 1 aliphatic heterocycles. The predicted octanol–water partition coefficient (Wildman–Crippen LogP) is 2.73. The number of phenolic OH excluding ortho intramolecular Hbond substituents is 2. The Morgan fingerprint density at radius 2 is 1.89 bits per heavy atom. The number of thiocarbonyl (C=S) groups is 1. The number of phenols is 2. The molecule has 1 heterocycles. The molecule has 0 saturated carbocycles. The van der Waals surface area contributed by atoms with Gasteiger partial charge in [-0.3, -0.25) is 14.4 Å². The molecule has 0 amide bonds. The van der Waals surface area contributed by atoms with Gasteiger partial charge in [0.2, 0.25) is 5.78 Å². The first kappa shape index (κ1) is 33.9. The summed E-state index contributed by atoms with van der Waals surface area (Å²) in [5.41, 5.74) is 4.03. The molecule has 0 radical (unpaired) electrons. The Morgan fingerprint density at radius 3 is 2.52 bits per heavy atom. The molecule has 0 bridgehead atoms. The summed E-state index contributed by atoms with van der Waals surface area (Å²) in [5.74, 6) is -2.31. The van der Waals surface area contributed by atoms with Gasteiger partial charge in [0.05, 0.1) is 39.9 Å². The van der Waals surface area contributed by atoms with Gasteiger partial charge in [-0.25, -0.2) is 0 Å². The van der Waals surface area contributed by atoms with Crippen molar-refractivity contribution in [1.82, 2.24) is 0 Å². The van der Waals surface area contributed by atoms with Crippen LogP contribution in [0.15, 0.2) is 18.2 Å². The molecule has 5 rings (SSSR count). The van der Waals surface area contributed by atoms with E-state index in [0.29, 0.717) is 12.8 Å². The van der Waals surface area contributed by atoms with Crippen molar-refractivity contribution in [2.45, 2.75) is 89.1 Å². The van der Waals surface area contributed by atoms with E-state index in [4.69, 9.17) is 32.2 Å². The van der Waals surface area contributed by atoms with Crippen molar-refractivity contribution in [2.75, 3.05) is 6.61 Å². The summed E-state index contributed by atoms with van der Waals surface area (Å²) >= 11 is 5.70. The molecule has 2 aromatic rings. The van der Waals surface area contributed by atoms with E-state index < -0.39 is 59.3 Å². The normalized spacial score (nSPS) is 27.5. The van der Waals surface area contributed by atoms with Crippen molar-refractivity contribution in [3.05, 3.63) is 51.6 Å². The quantitative estimate of drug-likeness (QED) is 0.178. The molecule has 1 saturated heterocycles. The zero-order valence-electron chi connectivity index (χ0n) is 24.5. The molecule has 3 aliphatic rings. The highest BCUT2D eigenvalue weighted by atomic mass is 35.5. The van der Waals surface area contributed by atoms with Crippen molar-refractivity contribution in [3.8, 4) is 17.2 Å². The minimum atomic E-state index is -1.97. The Balaban J connectivity index is 0.00000442. The standard InChI is InChI=1S/C31H35NO10S.ClH/c1-4-6-15(34)12-40-19-8-5-7-16-22(19)28(37)24-25(30(16)43)27(36)17-10-31(39,14(3)33)11-20(23(17)29(24)38)42-21-9-18(32)26(35)13(2)41-21;/h5,7-8,13,18,20-21,26,35-36,38-39H,4,6,9-12,32H2,1-3H3;1H/t13?,18?,20-,21?,26?,31-;/m0./s1. The highest BCUT2D eigenvalue weighted by Gasteiger charge is 2.49. The number of fused-ring (bicyclic) bond motifs is 3. The molecule has 0 spiro atoms. The number of ether oxygens (including phenoxy) is 3. The van der Waals surface area contributed by atoms with E-state index in [1.54, 1.807) is 19.1 Å². The van der Waals surface area contributed by atoms with Crippen LogP contribution in [-0.2, 0) is 25.5 Å². The van der Waals surface area contributed by atoms with Gasteiger partial charge in [0.25, 0.3) is 0 Å². The molecule has 2 aromatic carbocycles. The molecule has 1 fully saturated rings. The van der Waals surface area contributed by atoms with E-state index >= 15 is 0 Å². The number of halogens is 1. The van der Waals surface area contributed by atoms with Crippen LogP contribution in [0.5, 0.6) is 17.2 Å². The lowest BCUT2D eigenvalue weighted by molar-refractivity contribution is -0.247. The second-order valence-electron chi connectivity index (χ2n) is 11.5. The summed E-state index contributed by atoms with van der Waals surface area (Å²) in [4.78, 5) is 38.9. The number of hydrogen-bond acceptors (Lipinski definition) is 12. The van der Waals surface area contributed by atoms with Crippen LogP contribution in [0.2, 0.25) is 0 Å². The molecule has 2 aliphatic carbocycles. The van der Waals surface area contributed by atoms with Crippen molar-refractivity contribution in [1.29, 1.82) is 0 Å². The maximum absolute atomic E-state index is 14.0. The lowest BCUT2D eigenvalue weighted by Gasteiger charge is -2.42. The Labute approximate surface area is 265 Å². The molecule has 6 atom stereocenters. The maximum atomic E-state index is 14.0. The Bertz CT molecular complexity index is 1520. The number of carbonyl (C=O) groups is 3. The van der Waals surface area contributed by atoms with Crippen LogP contribution >= 0.6 is 24.6 Å². The summed E-state index contributed by atoms with van der Waals surface area (Å²) < 4.78 is 17.6. The van der Waals surface area contributed by atoms with Crippen LogP contribution in [-0.4, -0.2) is 79.4 Å². The summed E-state index contributed by atoms with van der Waals surface area (Å²) in [5, 5.41) is 44.9. The maximum Gasteiger partial charge on any atom is 0.201 e. The van der Waals surface area contributed by atoms with Crippen molar-refractivity contribution >= 4 is 46.8 Å². The monoisotopic (exact) mass is 649 g/mol. The first-order valence-corrected chi connectivity index (χ1v) is 14.6. The number of nitrogens with two attached hydrogens (primary N) is 1. The van der Waals surface area contributed by atoms with E-state index in [1.165, 1.54) is 13.0 Å². The second-order valence-corrected chi connectivity index (χ2v) is 11.9. The van der Waals surface area contributed by atoms with Gasteiger partial charge in [-0.05, 0) is 26.3 Å².